The number of non-ortho nitro benzene ring substituents is 1. The van der Waals surface area contributed by atoms with Crippen LogP contribution in [0.2, 0.25) is 0 Å². The van der Waals surface area contributed by atoms with Gasteiger partial charge in [0, 0.05) is 24.4 Å². The maximum atomic E-state index is 10.9. The summed E-state index contributed by atoms with van der Waals surface area (Å²) in [5.41, 5.74) is 0.777. The van der Waals surface area contributed by atoms with E-state index in [1.807, 2.05) is 20.8 Å². The molecule has 0 spiro atoms. The molecule has 0 saturated carbocycles. The van der Waals surface area contributed by atoms with Crippen molar-refractivity contribution in [1.82, 2.24) is 0 Å². The maximum absolute atomic E-state index is 10.9. The van der Waals surface area contributed by atoms with Crippen LogP contribution in [0.15, 0.2) is 18.2 Å². The summed E-state index contributed by atoms with van der Waals surface area (Å²) in [4.78, 5) is 10.5. The molecule has 0 bridgehead atoms. The molecule has 0 aliphatic rings. The molecule has 5 nitrogen and oxygen atoms in total. The van der Waals surface area contributed by atoms with Gasteiger partial charge >= 0.3 is 0 Å². The van der Waals surface area contributed by atoms with E-state index >= 15 is 0 Å². The third kappa shape index (κ3) is 4.24. The Bertz CT molecular complexity index is 407. The molecule has 18 heavy (non-hydrogen) atoms. The summed E-state index contributed by atoms with van der Waals surface area (Å²) in [5.74, 6) is 0.539. The standard InChI is InChI=1S/C13H20N2O3/c1-4-6-14-11-7-12(15(16)17)9-13(8-11)18-10(3)5-2/h7-10,14H,4-6H2,1-3H3. The number of hydrogen-bond acceptors (Lipinski definition) is 4. The Morgan fingerprint density at radius 1 is 1.39 bits per heavy atom. The van der Waals surface area contributed by atoms with Crippen molar-refractivity contribution in [3.05, 3.63) is 28.3 Å². The van der Waals surface area contributed by atoms with Crippen molar-refractivity contribution in [2.24, 2.45) is 0 Å². The number of nitro benzene ring substituents is 1. The lowest BCUT2D eigenvalue weighted by Gasteiger charge is -2.14. The second-order valence-electron chi connectivity index (χ2n) is 4.24. The first-order chi connectivity index (χ1) is 8.56. The van der Waals surface area contributed by atoms with Gasteiger partial charge in [0.1, 0.15) is 5.75 Å². The fourth-order valence-electron chi connectivity index (χ4n) is 1.44. The van der Waals surface area contributed by atoms with E-state index in [-0.39, 0.29) is 11.8 Å². The zero-order valence-electron chi connectivity index (χ0n) is 11.1. The first kappa shape index (κ1) is 14.3. The minimum absolute atomic E-state index is 0.0472. The zero-order valence-corrected chi connectivity index (χ0v) is 11.1. The molecule has 0 saturated heterocycles. The summed E-state index contributed by atoms with van der Waals surface area (Å²) in [6, 6.07) is 4.79. The number of rotatable bonds is 7. The average Bonchev–Trinajstić information content (AvgIpc) is 2.35. The van der Waals surface area contributed by atoms with Gasteiger partial charge in [-0.25, -0.2) is 0 Å². The van der Waals surface area contributed by atoms with Crippen LogP contribution in [-0.4, -0.2) is 17.6 Å². The summed E-state index contributed by atoms with van der Waals surface area (Å²) in [5, 5.41) is 14.0. The molecule has 100 valence electrons. The molecule has 0 aliphatic heterocycles. The molecule has 0 aromatic heterocycles. The Morgan fingerprint density at radius 3 is 2.67 bits per heavy atom. The van der Waals surface area contributed by atoms with Crippen LogP contribution in [0, 0.1) is 10.1 Å². The molecule has 0 aliphatic carbocycles. The van der Waals surface area contributed by atoms with Gasteiger partial charge in [-0.2, -0.15) is 0 Å². The highest BCUT2D eigenvalue weighted by atomic mass is 16.6. The van der Waals surface area contributed by atoms with Gasteiger partial charge < -0.3 is 10.1 Å². The Labute approximate surface area is 107 Å². The number of nitrogens with one attached hydrogen (secondary N) is 1. The number of ether oxygens (including phenoxy) is 1. The Kier molecular flexibility index (Phi) is 5.42. The third-order valence-corrected chi connectivity index (χ3v) is 2.59. The van der Waals surface area contributed by atoms with Crippen LogP contribution in [0.3, 0.4) is 0 Å². The first-order valence-corrected chi connectivity index (χ1v) is 6.26. The number of nitro groups is 1. The van der Waals surface area contributed by atoms with E-state index in [1.54, 1.807) is 6.07 Å². The van der Waals surface area contributed by atoms with E-state index in [0.29, 0.717) is 5.75 Å². The SMILES string of the molecule is CCCNc1cc(OC(C)CC)cc([N+](=O)[O-])c1. The summed E-state index contributed by atoms with van der Waals surface area (Å²) in [7, 11) is 0. The highest BCUT2D eigenvalue weighted by Crippen LogP contribution is 2.27. The normalized spacial score (nSPS) is 11.9. The largest absolute Gasteiger partial charge is 0.490 e. The highest BCUT2D eigenvalue weighted by Gasteiger charge is 2.11. The third-order valence-electron chi connectivity index (χ3n) is 2.59. The number of benzene rings is 1. The molecular formula is C13H20N2O3. The summed E-state index contributed by atoms with van der Waals surface area (Å²) >= 11 is 0. The second-order valence-corrected chi connectivity index (χ2v) is 4.24. The van der Waals surface area contributed by atoms with Crippen LogP contribution in [0.25, 0.3) is 0 Å². The predicted octanol–water partition coefficient (Wildman–Crippen LogP) is 3.59. The maximum Gasteiger partial charge on any atom is 0.275 e. The number of hydrogen-bond donors (Lipinski definition) is 1. The van der Waals surface area contributed by atoms with Gasteiger partial charge in [0.05, 0.1) is 17.1 Å². The van der Waals surface area contributed by atoms with Crippen LogP contribution in [0.1, 0.15) is 33.6 Å². The smallest absolute Gasteiger partial charge is 0.275 e. The van der Waals surface area contributed by atoms with E-state index in [0.717, 1.165) is 25.1 Å². The lowest BCUT2D eigenvalue weighted by Crippen LogP contribution is -2.10. The van der Waals surface area contributed by atoms with Crippen LogP contribution in [0.5, 0.6) is 5.75 Å². The Balaban J connectivity index is 2.94. The van der Waals surface area contributed by atoms with Gasteiger partial charge in [0.25, 0.3) is 5.69 Å². The predicted molar refractivity (Wildman–Crippen MR) is 72.3 cm³/mol. The van der Waals surface area contributed by atoms with Crippen LogP contribution >= 0.6 is 0 Å². The Hall–Kier alpha value is -1.78. The van der Waals surface area contributed by atoms with Crippen molar-refractivity contribution in [2.75, 3.05) is 11.9 Å². The van der Waals surface area contributed by atoms with Crippen LogP contribution < -0.4 is 10.1 Å². The molecule has 0 fully saturated rings. The molecule has 1 rings (SSSR count). The molecular weight excluding hydrogens is 232 g/mol. The first-order valence-electron chi connectivity index (χ1n) is 6.26. The summed E-state index contributed by atoms with van der Waals surface area (Å²) < 4.78 is 5.63. The van der Waals surface area contributed by atoms with Gasteiger partial charge in [-0.05, 0) is 19.8 Å². The molecule has 1 aromatic carbocycles. The second kappa shape index (κ2) is 6.83. The fourth-order valence-corrected chi connectivity index (χ4v) is 1.44. The quantitative estimate of drug-likeness (QED) is 0.595. The van der Waals surface area contributed by atoms with E-state index < -0.39 is 4.92 Å². The van der Waals surface area contributed by atoms with Crippen molar-refractivity contribution < 1.29 is 9.66 Å². The van der Waals surface area contributed by atoms with E-state index in [9.17, 15) is 10.1 Å². The van der Waals surface area contributed by atoms with Crippen molar-refractivity contribution >= 4 is 11.4 Å². The average molecular weight is 252 g/mol. The van der Waals surface area contributed by atoms with Crippen LogP contribution in [-0.2, 0) is 0 Å². The zero-order chi connectivity index (χ0) is 13.5. The minimum atomic E-state index is -0.402. The van der Waals surface area contributed by atoms with Crippen molar-refractivity contribution in [1.29, 1.82) is 0 Å². The number of anilines is 1. The lowest BCUT2D eigenvalue weighted by atomic mass is 10.2. The molecule has 0 heterocycles. The molecule has 1 N–H and O–H groups in total. The highest BCUT2D eigenvalue weighted by molar-refractivity contribution is 5.56. The topological polar surface area (TPSA) is 64.4 Å². The number of nitrogens with zero attached hydrogens (tertiary/aromatic N) is 1. The minimum Gasteiger partial charge on any atom is -0.490 e. The molecule has 1 atom stereocenters. The van der Waals surface area contributed by atoms with Crippen molar-refractivity contribution in [2.45, 2.75) is 39.7 Å². The van der Waals surface area contributed by atoms with Gasteiger partial charge in [-0.1, -0.05) is 13.8 Å². The fraction of sp³-hybridized carbons (Fsp3) is 0.538. The van der Waals surface area contributed by atoms with Gasteiger partial charge in [0.15, 0.2) is 0 Å². The van der Waals surface area contributed by atoms with E-state index in [1.165, 1.54) is 12.1 Å². The van der Waals surface area contributed by atoms with Gasteiger partial charge in [-0.3, -0.25) is 10.1 Å². The van der Waals surface area contributed by atoms with E-state index in [4.69, 9.17) is 4.74 Å². The Morgan fingerprint density at radius 2 is 2.11 bits per heavy atom. The van der Waals surface area contributed by atoms with Crippen molar-refractivity contribution in [3.8, 4) is 5.75 Å². The lowest BCUT2D eigenvalue weighted by molar-refractivity contribution is -0.384. The molecule has 0 amide bonds. The monoisotopic (exact) mass is 252 g/mol. The molecule has 1 aromatic rings. The molecule has 1 unspecified atom stereocenters. The molecule has 5 heteroatoms. The summed E-state index contributed by atoms with van der Waals surface area (Å²) in [6.07, 6.45) is 1.87. The van der Waals surface area contributed by atoms with Crippen molar-refractivity contribution in [3.63, 3.8) is 0 Å². The molecule has 0 radical (unpaired) electrons. The summed E-state index contributed by atoms with van der Waals surface area (Å²) in [6.45, 7) is 6.78. The van der Waals surface area contributed by atoms with E-state index in [2.05, 4.69) is 5.32 Å². The van der Waals surface area contributed by atoms with Crippen LogP contribution in [0.4, 0.5) is 11.4 Å². The van der Waals surface area contributed by atoms with Gasteiger partial charge in [0.2, 0.25) is 0 Å². The van der Waals surface area contributed by atoms with Gasteiger partial charge in [-0.15, -0.1) is 0 Å².